The smallest absolute Gasteiger partial charge is 0.124 e. The van der Waals surface area contributed by atoms with Gasteiger partial charge in [0.1, 0.15) is 5.82 Å². The average Bonchev–Trinajstić information content (AvgIpc) is 2.71. The lowest BCUT2D eigenvalue weighted by atomic mass is 9.74. The first-order valence-corrected chi connectivity index (χ1v) is 12.0. The third-order valence-electron chi connectivity index (χ3n) is 6.58. The Kier molecular flexibility index (Phi) is 7.91. The molecule has 0 spiro atoms. The highest BCUT2D eigenvalue weighted by Crippen LogP contribution is 2.38. The van der Waals surface area contributed by atoms with Crippen molar-refractivity contribution in [2.75, 3.05) is 6.54 Å². The number of aliphatic hydroxyl groups excluding tert-OH is 1. The first kappa shape index (κ1) is 24.3. The summed E-state index contributed by atoms with van der Waals surface area (Å²) in [5, 5.41) is 15.3. The molecule has 1 aliphatic carbocycles. The van der Waals surface area contributed by atoms with E-state index < -0.39 is 12.1 Å². The normalized spacial score (nSPS) is 18.5. The predicted molar refractivity (Wildman–Crippen MR) is 131 cm³/mol. The zero-order valence-corrected chi connectivity index (χ0v) is 20.3. The van der Waals surface area contributed by atoms with Crippen LogP contribution >= 0.6 is 9.24 Å². The molecule has 5 heteroatoms. The van der Waals surface area contributed by atoms with Crippen LogP contribution in [0.1, 0.15) is 69.6 Å². The quantitative estimate of drug-likeness (QED) is 0.558. The van der Waals surface area contributed by atoms with E-state index in [-0.39, 0.29) is 16.8 Å². The van der Waals surface area contributed by atoms with Gasteiger partial charge in [0.2, 0.25) is 0 Å². The Hall–Kier alpha value is -1.32. The van der Waals surface area contributed by atoms with Crippen molar-refractivity contribution in [1.82, 2.24) is 5.32 Å². The van der Waals surface area contributed by atoms with Crippen molar-refractivity contribution in [2.24, 2.45) is 5.73 Å². The van der Waals surface area contributed by atoms with Gasteiger partial charge in [0, 0.05) is 18.1 Å². The molecule has 3 atom stereocenters. The fourth-order valence-corrected chi connectivity index (χ4v) is 5.03. The second-order valence-corrected chi connectivity index (χ2v) is 10.8. The zero-order valence-electron chi connectivity index (χ0n) is 19.1. The van der Waals surface area contributed by atoms with Gasteiger partial charge in [-0.2, -0.15) is 0 Å². The number of halogens is 1. The van der Waals surface area contributed by atoms with Gasteiger partial charge >= 0.3 is 0 Å². The molecule has 0 aliphatic heterocycles. The van der Waals surface area contributed by atoms with Gasteiger partial charge in [0.25, 0.3) is 0 Å². The molecule has 0 bridgehead atoms. The standard InChI is InChI=1S/C26H38FN2OP/c1-25(2,3)19-8-7-9-20(15-19)26(10-5-4-6-11-26)29-17-24(30)23(28)14-18-12-21(27)16-22(31)13-18/h7-9,12-13,15-16,23-24,29-30H,4-6,10-11,14,17,28,31H2,1-3H3. The Bertz CT molecular complexity index is 854. The summed E-state index contributed by atoms with van der Waals surface area (Å²) in [5.74, 6) is -0.276. The lowest BCUT2D eigenvalue weighted by Gasteiger charge is -2.40. The summed E-state index contributed by atoms with van der Waals surface area (Å²) in [6.07, 6.45) is 5.45. The van der Waals surface area contributed by atoms with Crippen LogP contribution in [0, 0.1) is 5.82 Å². The molecule has 170 valence electrons. The van der Waals surface area contributed by atoms with E-state index in [1.54, 1.807) is 0 Å². The van der Waals surface area contributed by atoms with Crippen molar-refractivity contribution in [3.05, 3.63) is 65.0 Å². The number of rotatable bonds is 7. The van der Waals surface area contributed by atoms with E-state index in [1.165, 1.54) is 42.5 Å². The number of benzene rings is 2. The average molecular weight is 445 g/mol. The van der Waals surface area contributed by atoms with E-state index in [0.717, 1.165) is 23.7 Å². The van der Waals surface area contributed by atoms with E-state index in [0.29, 0.717) is 13.0 Å². The first-order chi connectivity index (χ1) is 14.6. The third kappa shape index (κ3) is 6.35. The molecule has 0 saturated heterocycles. The maximum absolute atomic E-state index is 13.7. The van der Waals surface area contributed by atoms with Gasteiger partial charge in [-0.25, -0.2) is 4.39 Å². The second kappa shape index (κ2) is 10.1. The van der Waals surface area contributed by atoms with Crippen molar-refractivity contribution >= 4 is 14.5 Å². The third-order valence-corrected chi connectivity index (χ3v) is 6.92. The Labute approximate surface area is 189 Å². The second-order valence-electron chi connectivity index (χ2n) is 10.2. The van der Waals surface area contributed by atoms with Crippen LogP contribution in [-0.4, -0.2) is 23.8 Å². The van der Waals surface area contributed by atoms with Crippen LogP contribution in [0.25, 0.3) is 0 Å². The molecule has 0 amide bonds. The molecule has 4 N–H and O–H groups in total. The topological polar surface area (TPSA) is 58.3 Å². The van der Waals surface area contributed by atoms with Crippen LogP contribution in [0.3, 0.4) is 0 Å². The molecule has 2 aromatic carbocycles. The van der Waals surface area contributed by atoms with E-state index in [2.05, 4.69) is 59.6 Å². The summed E-state index contributed by atoms with van der Waals surface area (Å²) in [6.45, 7) is 7.14. The summed E-state index contributed by atoms with van der Waals surface area (Å²) in [4.78, 5) is 0. The molecule has 0 radical (unpaired) electrons. The maximum atomic E-state index is 13.7. The van der Waals surface area contributed by atoms with Crippen molar-refractivity contribution < 1.29 is 9.50 Å². The minimum atomic E-state index is -0.708. The predicted octanol–water partition coefficient (Wildman–Crippen LogP) is 4.30. The number of nitrogens with one attached hydrogen (secondary N) is 1. The molecule has 3 unspecified atom stereocenters. The summed E-state index contributed by atoms with van der Waals surface area (Å²) in [7, 11) is 2.51. The van der Waals surface area contributed by atoms with Crippen molar-refractivity contribution in [2.45, 2.75) is 82.4 Å². The van der Waals surface area contributed by atoms with Gasteiger partial charge in [0.05, 0.1) is 6.10 Å². The fourth-order valence-electron chi connectivity index (χ4n) is 4.66. The van der Waals surface area contributed by atoms with Crippen LogP contribution in [-0.2, 0) is 17.4 Å². The van der Waals surface area contributed by atoms with Crippen LogP contribution in [0.5, 0.6) is 0 Å². The molecule has 1 fully saturated rings. The van der Waals surface area contributed by atoms with E-state index in [1.807, 2.05) is 6.07 Å². The summed E-state index contributed by atoms with van der Waals surface area (Å²) < 4.78 is 13.7. The van der Waals surface area contributed by atoms with Crippen molar-refractivity contribution in [3.63, 3.8) is 0 Å². The Morgan fingerprint density at radius 3 is 2.48 bits per heavy atom. The molecule has 31 heavy (non-hydrogen) atoms. The fraction of sp³-hybridized carbons (Fsp3) is 0.538. The highest BCUT2D eigenvalue weighted by Gasteiger charge is 2.35. The van der Waals surface area contributed by atoms with Gasteiger partial charge in [-0.05, 0) is 58.8 Å². The van der Waals surface area contributed by atoms with Gasteiger partial charge in [0.15, 0.2) is 0 Å². The molecule has 3 rings (SSSR count). The number of hydrogen-bond donors (Lipinski definition) is 3. The maximum Gasteiger partial charge on any atom is 0.124 e. The molecule has 0 aromatic heterocycles. The van der Waals surface area contributed by atoms with Crippen molar-refractivity contribution in [1.29, 1.82) is 0 Å². The molecule has 0 heterocycles. The highest BCUT2D eigenvalue weighted by atomic mass is 31.0. The van der Waals surface area contributed by atoms with Crippen molar-refractivity contribution in [3.8, 4) is 0 Å². The van der Waals surface area contributed by atoms with Gasteiger partial charge in [-0.3, -0.25) is 0 Å². The van der Waals surface area contributed by atoms with Gasteiger partial charge < -0.3 is 16.2 Å². The first-order valence-electron chi connectivity index (χ1n) is 11.4. The molecule has 3 nitrogen and oxygen atoms in total. The number of hydrogen-bond acceptors (Lipinski definition) is 3. The number of aliphatic hydroxyl groups is 1. The van der Waals surface area contributed by atoms with E-state index in [4.69, 9.17) is 5.73 Å². The summed E-state index contributed by atoms with van der Waals surface area (Å²) in [5.41, 5.74) is 9.71. The van der Waals surface area contributed by atoms with Crippen LogP contribution in [0.2, 0.25) is 0 Å². The summed E-state index contributed by atoms with van der Waals surface area (Å²) >= 11 is 0. The molecule has 1 aliphatic rings. The molecule has 1 saturated carbocycles. The van der Waals surface area contributed by atoms with Gasteiger partial charge in [-0.1, -0.05) is 70.4 Å². The highest BCUT2D eigenvalue weighted by molar-refractivity contribution is 7.27. The van der Waals surface area contributed by atoms with Gasteiger partial charge in [-0.15, -0.1) is 9.24 Å². The van der Waals surface area contributed by atoms with E-state index >= 15 is 0 Å². The van der Waals surface area contributed by atoms with E-state index in [9.17, 15) is 9.50 Å². The van der Waals surface area contributed by atoms with Crippen LogP contribution in [0.4, 0.5) is 4.39 Å². The lowest BCUT2D eigenvalue weighted by molar-refractivity contribution is 0.116. The molecule has 2 aromatic rings. The summed E-state index contributed by atoms with van der Waals surface area (Å²) in [6, 6.07) is 13.3. The lowest BCUT2D eigenvalue weighted by Crippen LogP contribution is -2.51. The zero-order chi connectivity index (χ0) is 22.6. The minimum Gasteiger partial charge on any atom is -0.390 e. The SMILES string of the molecule is CC(C)(C)c1cccc(C2(NCC(O)C(N)Cc3cc(F)cc(P)c3)CCCCC2)c1. The minimum absolute atomic E-state index is 0.0924. The Morgan fingerprint density at radius 1 is 1.13 bits per heavy atom. The monoisotopic (exact) mass is 444 g/mol. The Balaban J connectivity index is 1.72. The molecular weight excluding hydrogens is 406 g/mol. The van der Waals surface area contributed by atoms with Crippen LogP contribution in [0.15, 0.2) is 42.5 Å². The largest absolute Gasteiger partial charge is 0.390 e. The molecular formula is C26H38FN2OP. The number of nitrogens with two attached hydrogens (primary N) is 1. The Morgan fingerprint density at radius 2 is 1.84 bits per heavy atom. The van der Waals surface area contributed by atoms with Crippen LogP contribution < -0.4 is 16.4 Å².